The monoisotopic (exact) mass is 351 g/mol. The molecule has 134 valence electrons. The van der Waals surface area contributed by atoms with Crippen molar-refractivity contribution in [2.45, 2.75) is 19.4 Å². The van der Waals surface area contributed by atoms with Gasteiger partial charge in [0.25, 0.3) is 0 Å². The van der Waals surface area contributed by atoms with E-state index in [1.165, 1.54) is 23.8 Å². The normalized spacial score (nSPS) is 18.2. The molecule has 0 bridgehead atoms. The first kappa shape index (κ1) is 16.7. The number of quaternary nitrogens is 1. The number of hydrogen-bond acceptors (Lipinski definition) is 4. The van der Waals surface area contributed by atoms with Crippen molar-refractivity contribution in [3.05, 3.63) is 58.8 Å². The number of carbonyl (C=O) groups excluding carboxylic acids is 1. The van der Waals surface area contributed by atoms with Crippen molar-refractivity contribution in [1.29, 1.82) is 0 Å². The number of hydrogen-bond donors (Lipinski definition) is 1. The smallest absolute Gasteiger partial charge is 0.231 e. The Morgan fingerprint density at radius 3 is 2.81 bits per heavy atom. The molecule has 1 fully saturated rings. The van der Waals surface area contributed by atoms with Gasteiger partial charge in [-0.1, -0.05) is 23.9 Å². The van der Waals surface area contributed by atoms with Gasteiger partial charge in [0.15, 0.2) is 5.76 Å². The lowest BCUT2D eigenvalue weighted by molar-refractivity contribution is -0.901. The third kappa shape index (κ3) is 3.06. The van der Waals surface area contributed by atoms with Crippen LogP contribution in [0.5, 0.6) is 17.2 Å². The number of methoxy groups -OCH3 is 1. The molecule has 1 saturated heterocycles. The number of nitrogens with one attached hydrogen (secondary N) is 1. The largest absolute Gasteiger partial charge is 0.872 e. The van der Waals surface area contributed by atoms with Gasteiger partial charge in [0.05, 0.1) is 25.8 Å². The van der Waals surface area contributed by atoms with E-state index >= 15 is 0 Å². The highest BCUT2D eigenvalue weighted by molar-refractivity contribution is 6.14. The van der Waals surface area contributed by atoms with Crippen LogP contribution in [0.4, 0.5) is 0 Å². The summed E-state index contributed by atoms with van der Waals surface area (Å²) in [5.74, 6) is 1.16. The van der Waals surface area contributed by atoms with Gasteiger partial charge in [-0.05, 0) is 29.8 Å². The van der Waals surface area contributed by atoms with Crippen molar-refractivity contribution in [3.63, 3.8) is 0 Å². The zero-order chi connectivity index (χ0) is 18.1. The van der Waals surface area contributed by atoms with Crippen molar-refractivity contribution in [3.8, 4) is 17.2 Å². The molecule has 0 atom stereocenters. The lowest BCUT2D eigenvalue weighted by Crippen LogP contribution is -3.08. The highest BCUT2D eigenvalue weighted by Gasteiger charge is 2.31. The van der Waals surface area contributed by atoms with Crippen molar-refractivity contribution in [2.24, 2.45) is 0 Å². The Hall–Kier alpha value is -2.79. The molecule has 2 aromatic rings. The van der Waals surface area contributed by atoms with Gasteiger partial charge in [-0.2, -0.15) is 0 Å². The van der Waals surface area contributed by atoms with E-state index in [1.54, 1.807) is 19.3 Å². The zero-order valence-electron chi connectivity index (χ0n) is 14.7. The molecule has 2 heterocycles. The fourth-order valence-corrected chi connectivity index (χ4v) is 3.64. The van der Waals surface area contributed by atoms with Crippen LogP contribution in [-0.4, -0.2) is 26.0 Å². The van der Waals surface area contributed by atoms with Crippen LogP contribution in [0.2, 0.25) is 0 Å². The number of carbonyl (C=O) groups is 1. The average Bonchev–Trinajstić information content (AvgIpc) is 3.27. The topological polar surface area (TPSA) is 63.0 Å². The number of ketones is 1. The van der Waals surface area contributed by atoms with Crippen molar-refractivity contribution < 1.29 is 24.3 Å². The van der Waals surface area contributed by atoms with Gasteiger partial charge in [0, 0.05) is 18.4 Å². The summed E-state index contributed by atoms with van der Waals surface area (Å²) in [6.07, 6.45) is 4.06. The highest BCUT2D eigenvalue weighted by atomic mass is 16.5. The number of likely N-dealkylation sites (tertiary alicyclic amines) is 1. The minimum absolute atomic E-state index is 0.0569. The Labute approximate surface area is 152 Å². The molecule has 2 aliphatic heterocycles. The molecule has 1 N–H and O–H groups in total. The Bertz CT molecular complexity index is 882. The summed E-state index contributed by atoms with van der Waals surface area (Å²) in [7, 11) is 1.60. The van der Waals surface area contributed by atoms with Gasteiger partial charge in [-0.3, -0.25) is 4.79 Å². The fourth-order valence-electron chi connectivity index (χ4n) is 3.64. The van der Waals surface area contributed by atoms with Crippen LogP contribution in [-0.2, 0) is 6.54 Å². The molecule has 2 aromatic carbocycles. The first-order valence-electron chi connectivity index (χ1n) is 8.90. The predicted octanol–water partition coefficient (Wildman–Crippen LogP) is 1.56. The molecule has 5 nitrogen and oxygen atoms in total. The van der Waals surface area contributed by atoms with Crippen LogP contribution in [0.25, 0.3) is 6.08 Å². The molecule has 0 saturated carbocycles. The van der Waals surface area contributed by atoms with E-state index in [-0.39, 0.29) is 17.3 Å². The van der Waals surface area contributed by atoms with E-state index in [1.807, 2.05) is 24.3 Å². The molecule has 5 heteroatoms. The molecule has 0 radical (unpaired) electrons. The van der Waals surface area contributed by atoms with E-state index in [0.29, 0.717) is 29.2 Å². The number of Topliss-reactive ketones (excluding diaryl/α,β-unsaturated/α-hetero) is 1. The van der Waals surface area contributed by atoms with Crippen molar-refractivity contribution in [2.75, 3.05) is 20.2 Å². The number of ether oxygens (including phenoxy) is 2. The predicted molar refractivity (Wildman–Crippen MR) is 95.5 cm³/mol. The van der Waals surface area contributed by atoms with Gasteiger partial charge >= 0.3 is 0 Å². The molecule has 0 spiro atoms. The van der Waals surface area contributed by atoms with E-state index in [4.69, 9.17) is 9.47 Å². The molecule has 0 unspecified atom stereocenters. The first-order valence-corrected chi connectivity index (χ1v) is 8.90. The van der Waals surface area contributed by atoms with Gasteiger partial charge in [-0.15, -0.1) is 0 Å². The molecular weight excluding hydrogens is 330 g/mol. The quantitative estimate of drug-likeness (QED) is 0.850. The molecule has 0 amide bonds. The molecular formula is C21H21NO4. The summed E-state index contributed by atoms with van der Waals surface area (Å²) in [4.78, 5) is 14.1. The maximum absolute atomic E-state index is 12.7. The highest BCUT2D eigenvalue weighted by Crippen LogP contribution is 2.38. The Kier molecular flexibility index (Phi) is 4.39. The second-order valence-corrected chi connectivity index (χ2v) is 6.77. The van der Waals surface area contributed by atoms with Crippen LogP contribution in [0.1, 0.15) is 34.3 Å². The number of benzene rings is 2. The lowest BCUT2D eigenvalue weighted by atomic mass is 10.0. The van der Waals surface area contributed by atoms with E-state index in [0.717, 1.165) is 18.7 Å². The number of rotatable bonds is 4. The second kappa shape index (κ2) is 6.84. The van der Waals surface area contributed by atoms with Gasteiger partial charge in [0.1, 0.15) is 18.0 Å². The molecule has 0 aromatic heterocycles. The molecule has 0 aliphatic carbocycles. The summed E-state index contributed by atoms with van der Waals surface area (Å²) < 4.78 is 11.1. The molecule has 4 rings (SSSR count). The van der Waals surface area contributed by atoms with Crippen LogP contribution < -0.4 is 19.5 Å². The van der Waals surface area contributed by atoms with Crippen LogP contribution in [0.15, 0.2) is 42.2 Å². The van der Waals surface area contributed by atoms with Crippen molar-refractivity contribution >= 4 is 11.9 Å². The third-order valence-corrected chi connectivity index (χ3v) is 5.03. The van der Waals surface area contributed by atoms with Gasteiger partial charge in [0.2, 0.25) is 5.78 Å². The standard InChI is InChI=1S/C21H21NO4/c1-25-15-6-4-5-14(11-15)12-19-20(24)16-7-8-18(23)17(21(16)26-19)13-22-9-2-3-10-22/h4-8,11-12,23H,2-3,9-10,13H2,1H3. The lowest BCUT2D eigenvalue weighted by Gasteiger charge is -2.19. The van der Waals surface area contributed by atoms with Crippen molar-refractivity contribution in [1.82, 2.24) is 0 Å². The molecule has 2 aliphatic rings. The van der Waals surface area contributed by atoms with Gasteiger partial charge in [-0.25, -0.2) is 0 Å². The maximum atomic E-state index is 12.7. The van der Waals surface area contributed by atoms with Crippen LogP contribution >= 0.6 is 0 Å². The summed E-state index contributed by atoms with van der Waals surface area (Å²) >= 11 is 0. The zero-order valence-corrected chi connectivity index (χ0v) is 14.7. The van der Waals surface area contributed by atoms with E-state index in [2.05, 4.69) is 0 Å². The average molecular weight is 351 g/mol. The Balaban J connectivity index is 1.67. The summed E-state index contributed by atoms with van der Waals surface area (Å²) in [6, 6.07) is 10.5. The van der Waals surface area contributed by atoms with Crippen LogP contribution in [0, 0.1) is 0 Å². The summed E-state index contributed by atoms with van der Waals surface area (Å²) in [6.45, 7) is 2.73. The SMILES string of the molecule is COc1cccc(C=C2Oc3c(ccc([O-])c3C[NH+]3CCCC3)C2=O)c1. The number of allylic oxidation sites excluding steroid dienone is 1. The number of fused-ring (bicyclic) bond motifs is 1. The Morgan fingerprint density at radius 2 is 2.04 bits per heavy atom. The maximum Gasteiger partial charge on any atom is 0.231 e. The van der Waals surface area contributed by atoms with Crippen LogP contribution in [0.3, 0.4) is 0 Å². The Morgan fingerprint density at radius 1 is 1.23 bits per heavy atom. The minimum Gasteiger partial charge on any atom is -0.872 e. The third-order valence-electron chi connectivity index (χ3n) is 5.03. The summed E-state index contributed by atoms with van der Waals surface area (Å²) in [5, 5.41) is 12.4. The minimum atomic E-state index is -0.180. The molecule has 26 heavy (non-hydrogen) atoms. The fraction of sp³-hybridized carbons (Fsp3) is 0.286. The first-order chi connectivity index (χ1) is 12.7. The second-order valence-electron chi connectivity index (χ2n) is 6.77. The summed E-state index contributed by atoms with van der Waals surface area (Å²) in [5.41, 5.74) is 1.91. The van der Waals surface area contributed by atoms with E-state index < -0.39 is 0 Å². The van der Waals surface area contributed by atoms with Gasteiger partial charge < -0.3 is 19.5 Å². The van der Waals surface area contributed by atoms with E-state index in [9.17, 15) is 9.90 Å².